The summed E-state index contributed by atoms with van der Waals surface area (Å²) in [5, 5.41) is 3.52. The van der Waals surface area contributed by atoms with E-state index in [1.54, 1.807) is 12.3 Å². The van der Waals surface area contributed by atoms with E-state index in [0.29, 0.717) is 16.8 Å². The molecule has 3 aromatic rings. The van der Waals surface area contributed by atoms with Gasteiger partial charge in [-0.1, -0.05) is 12.1 Å². The number of carbonyl (C=O) groups excluding carboxylic acids is 1. The van der Waals surface area contributed by atoms with Crippen molar-refractivity contribution in [3.05, 3.63) is 52.2 Å². The van der Waals surface area contributed by atoms with Crippen LogP contribution in [0.25, 0.3) is 11.3 Å². The largest absolute Gasteiger partial charge is 0.341 e. The van der Waals surface area contributed by atoms with Gasteiger partial charge in [-0.2, -0.15) is 0 Å². The van der Waals surface area contributed by atoms with Gasteiger partial charge >= 0.3 is 0 Å². The van der Waals surface area contributed by atoms with E-state index in [0.717, 1.165) is 48.5 Å². The number of carbonyl (C=O) groups is 1. The predicted octanol–water partition coefficient (Wildman–Crippen LogP) is 4.25. The Morgan fingerprint density at radius 3 is 2.76 bits per heavy atom. The molecular weight excluding hydrogens is 382 g/mol. The molecule has 0 bridgehead atoms. The Morgan fingerprint density at radius 2 is 1.90 bits per heavy atom. The van der Waals surface area contributed by atoms with Gasteiger partial charge in [0.1, 0.15) is 5.69 Å². The van der Waals surface area contributed by atoms with Crippen molar-refractivity contribution in [1.29, 1.82) is 0 Å². The molecule has 0 radical (unpaired) electrons. The summed E-state index contributed by atoms with van der Waals surface area (Å²) in [6, 6.07) is 8.26. The van der Waals surface area contributed by atoms with E-state index in [-0.39, 0.29) is 5.91 Å². The number of hydrogen-bond acceptors (Lipinski definition) is 6. The number of hydrogen-bond donors (Lipinski definition) is 1. The maximum absolute atomic E-state index is 12.7. The highest BCUT2D eigenvalue weighted by atomic mass is 32.1. The molecule has 148 valence electrons. The van der Waals surface area contributed by atoms with Crippen LogP contribution in [0.3, 0.4) is 0 Å². The average molecular weight is 406 g/mol. The number of rotatable bonds is 4. The summed E-state index contributed by atoms with van der Waals surface area (Å²) in [4.78, 5) is 29.4. The molecule has 1 N–H and O–H groups in total. The van der Waals surface area contributed by atoms with Crippen molar-refractivity contribution in [1.82, 2.24) is 15.0 Å². The van der Waals surface area contributed by atoms with E-state index in [9.17, 15) is 4.79 Å². The molecule has 29 heavy (non-hydrogen) atoms. The summed E-state index contributed by atoms with van der Waals surface area (Å²) in [7, 11) is 0. The lowest BCUT2D eigenvalue weighted by molar-refractivity contribution is 0.102. The van der Waals surface area contributed by atoms with Gasteiger partial charge in [0.2, 0.25) is 5.95 Å². The van der Waals surface area contributed by atoms with Gasteiger partial charge in [-0.05, 0) is 62.3 Å². The Balaban J connectivity index is 1.35. The molecule has 1 aliphatic carbocycles. The van der Waals surface area contributed by atoms with Gasteiger partial charge in [-0.3, -0.25) is 10.1 Å². The molecule has 0 saturated carbocycles. The van der Waals surface area contributed by atoms with Crippen LogP contribution < -0.4 is 10.2 Å². The molecular formula is C22H23N5OS. The molecule has 1 amide bonds. The van der Waals surface area contributed by atoms with Crippen LogP contribution in [-0.2, 0) is 12.8 Å². The van der Waals surface area contributed by atoms with Crippen LogP contribution in [0.5, 0.6) is 0 Å². The Kier molecular flexibility index (Phi) is 4.75. The van der Waals surface area contributed by atoms with Crippen LogP contribution in [-0.4, -0.2) is 33.9 Å². The van der Waals surface area contributed by atoms with E-state index >= 15 is 0 Å². The summed E-state index contributed by atoms with van der Waals surface area (Å²) in [5.41, 5.74) is 5.32. The van der Waals surface area contributed by atoms with Gasteiger partial charge < -0.3 is 4.90 Å². The van der Waals surface area contributed by atoms with Crippen molar-refractivity contribution in [2.75, 3.05) is 23.3 Å². The Bertz CT molecular complexity index is 1070. The fourth-order valence-electron chi connectivity index (χ4n) is 4.14. The quantitative estimate of drug-likeness (QED) is 0.703. The number of fused-ring (bicyclic) bond motifs is 1. The molecule has 1 fully saturated rings. The zero-order valence-corrected chi connectivity index (χ0v) is 17.3. The molecule has 0 spiro atoms. The molecule has 1 aliphatic heterocycles. The lowest BCUT2D eigenvalue weighted by atomic mass is 10.0. The van der Waals surface area contributed by atoms with Crippen molar-refractivity contribution in [2.45, 2.75) is 39.0 Å². The highest BCUT2D eigenvalue weighted by Gasteiger charge is 2.19. The van der Waals surface area contributed by atoms with E-state index in [1.807, 2.05) is 6.92 Å². The standard InChI is InChI=1S/C22H23N5OS/c1-14-19(17-8-7-15-5-4-6-16(15)13-17)25-22(29-14)26-20(28)18-9-10-23-21(24-18)27-11-2-3-12-27/h7-10,13H,2-6,11-12H2,1H3,(H,25,26,28). The fourth-order valence-corrected chi connectivity index (χ4v) is 4.97. The monoisotopic (exact) mass is 405 g/mol. The van der Waals surface area contributed by atoms with Crippen molar-refractivity contribution < 1.29 is 4.79 Å². The van der Waals surface area contributed by atoms with Crippen molar-refractivity contribution in [3.63, 3.8) is 0 Å². The van der Waals surface area contributed by atoms with Gasteiger partial charge in [0.25, 0.3) is 5.91 Å². The van der Waals surface area contributed by atoms with Crippen molar-refractivity contribution in [2.24, 2.45) is 0 Å². The second-order valence-electron chi connectivity index (χ2n) is 7.65. The first-order valence-electron chi connectivity index (χ1n) is 10.2. The molecule has 0 unspecified atom stereocenters. The van der Waals surface area contributed by atoms with Crippen LogP contribution in [0.15, 0.2) is 30.5 Å². The third kappa shape index (κ3) is 3.62. The minimum atomic E-state index is -0.248. The van der Waals surface area contributed by atoms with Gasteiger partial charge in [0, 0.05) is 29.7 Å². The maximum Gasteiger partial charge on any atom is 0.276 e. The summed E-state index contributed by atoms with van der Waals surface area (Å²) in [6.07, 6.45) is 7.48. The van der Waals surface area contributed by atoms with Crippen LogP contribution >= 0.6 is 11.3 Å². The van der Waals surface area contributed by atoms with E-state index in [2.05, 4.69) is 38.4 Å². The summed E-state index contributed by atoms with van der Waals surface area (Å²) < 4.78 is 0. The highest BCUT2D eigenvalue weighted by molar-refractivity contribution is 7.16. The Labute approximate surface area is 174 Å². The number of thiazole rings is 1. The van der Waals surface area contributed by atoms with Crippen LogP contribution in [0.1, 0.15) is 45.8 Å². The Morgan fingerprint density at radius 1 is 1.07 bits per heavy atom. The van der Waals surface area contributed by atoms with E-state index < -0.39 is 0 Å². The zero-order chi connectivity index (χ0) is 19.8. The molecule has 1 saturated heterocycles. The van der Waals surface area contributed by atoms with Crippen molar-refractivity contribution >= 4 is 28.3 Å². The SMILES string of the molecule is Cc1sc(NC(=O)c2ccnc(N3CCCC3)n2)nc1-c1ccc2c(c1)CCC2. The normalized spacial score (nSPS) is 15.6. The number of nitrogens with zero attached hydrogens (tertiary/aromatic N) is 4. The highest BCUT2D eigenvalue weighted by Crippen LogP contribution is 2.33. The zero-order valence-electron chi connectivity index (χ0n) is 16.4. The second-order valence-corrected chi connectivity index (χ2v) is 8.85. The van der Waals surface area contributed by atoms with Crippen LogP contribution in [0.2, 0.25) is 0 Å². The molecule has 3 heterocycles. The second kappa shape index (κ2) is 7.55. The minimum Gasteiger partial charge on any atom is -0.341 e. The third-order valence-electron chi connectivity index (χ3n) is 5.65. The van der Waals surface area contributed by atoms with Gasteiger partial charge in [-0.15, -0.1) is 11.3 Å². The molecule has 6 nitrogen and oxygen atoms in total. The first kappa shape index (κ1) is 18.2. The minimum absolute atomic E-state index is 0.248. The summed E-state index contributed by atoms with van der Waals surface area (Å²) in [6.45, 7) is 3.94. The number of benzene rings is 1. The lowest BCUT2D eigenvalue weighted by Crippen LogP contribution is -2.22. The third-order valence-corrected chi connectivity index (χ3v) is 6.54. The molecule has 2 aliphatic rings. The molecule has 7 heteroatoms. The van der Waals surface area contributed by atoms with E-state index in [4.69, 9.17) is 4.98 Å². The number of amides is 1. The first-order chi connectivity index (χ1) is 14.2. The average Bonchev–Trinajstić information content (AvgIpc) is 3.48. The van der Waals surface area contributed by atoms with Gasteiger partial charge in [0.05, 0.1) is 5.69 Å². The van der Waals surface area contributed by atoms with E-state index in [1.165, 1.54) is 35.3 Å². The molecule has 2 aromatic heterocycles. The van der Waals surface area contributed by atoms with Crippen molar-refractivity contribution in [3.8, 4) is 11.3 Å². The Hall–Kier alpha value is -2.80. The maximum atomic E-state index is 12.7. The number of anilines is 2. The topological polar surface area (TPSA) is 71.0 Å². The summed E-state index contributed by atoms with van der Waals surface area (Å²) >= 11 is 1.50. The fraction of sp³-hybridized carbons (Fsp3) is 0.364. The molecule has 1 aromatic carbocycles. The van der Waals surface area contributed by atoms with Crippen LogP contribution in [0, 0.1) is 6.92 Å². The first-order valence-corrected chi connectivity index (χ1v) is 11.0. The molecule has 5 rings (SSSR count). The summed E-state index contributed by atoms with van der Waals surface area (Å²) in [5.74, 6) is 0.381. The van der Waals surface area contributed by atoms with Gasteiger partial charge in [0.15, 0.2) is 5.13 Å². The lowest BCUT2D eigenvalue weighted by Gasteiger charge is -2.14. The smallest absolute Gasteiger partial charge is 0.276 e. The number of aromatic nitrogens is 3. The van der Waals surface area contributed by atoms with Gasteiger partial charge in [-0.25, -0.2) is 15.0 Å². The predicted molar refractivity (Wildman–Crippen MR) is 116 cm³/mol. The number of aryl methyl sites for hydroxylation is 3. The number of nitrogens with one attached hydrogen (secondary N) is 1. The van der Waals surface area contributed by atoms with Crippen LogP contribution in [0.4, 0.5) is 11.1 Å². The molecule has 0 atom stereocenters.